The van der Waals surface area contributed by atoms with Crippen molar-refractivity contribution in [1.29, 1.82) is 0 Å². The molecule has 1 aliphatic heterocycles. The zero-order valence-electron chi connectivity index (χ0n) is 10.2. The van der Waals surface area contributed by atoms with E-state index in [0.29, 0.717) is 19.1 Å². The molecule has 3 rings (SSSR count). The van der Waals surface area contributed by atoms with Crippen LogP contribution < -0.4 is 5.73 Å². The third kappa shape index (κ3) is 1.69. The molecule has 0 amide bonds. The molecule has 3 heteroatoms. The molecule has 0 bridgehead atoms. The summed E-state index contributed by atoms with van der Waals surface area (Å²) in [6.07, 6.45) is 2.08. The summed E-state index contributed by atoms with van der Waals surface area (Å²) < 4.78 is 12.0. The maximum atomic E-state index is 6.07. The average Bonchev–Trinajstić information content (AvgIpc) is 2.79. The minimum absolute atomic E-state index is 0.0384. The number of nitrogens with two attached hydrogens (primary N) is 1. The molecule has 3 nitrogen and oxygen atoms in total. The van der Waals surface area contributed by atoms with Gasteiger partial charge in [-0.2, -0.15) is 0 Å². The minimum Gasteiger partial charge on any atom is -0.343 e. The van der Waals surface area contributed by atoms with Crippen LogP contribution in [0.15, 0.2) is 24.3 Å². The second-order valence-electron chi connectivity index (χ2n) is 5.07. The zero-order valence-corrected chi connectivity index (χ0v) is 10.2. The van der Waals surface area contributed by atoms with Crippen LogP contribution in [0.2, 0.25) is 0 Å². The number of hydrogen-bond donors (Lipinski definition) is 1. The van der Waals surface area contributed by atoms with Crippen molar-refractivity contribution in [3.8, 4) is 0 Å². The van der Waals surface area contributed by atoms with Gasteiger partial charge in [0.2, 0.25) is 0 Å². The normalized spacial score (nSPS) is 36.1. The van der Waals surface area contributed by atoms with Gasteiger partial charge in [-0.3, -0.25) is 0 Å². The lowest BCUT2D eigenvalue weighted by atomic mass is 9.80. The van der Waals surface area contributed by atoms with Crippen molar-refractivity contribution >= 4 is 0 Å². The van der Waals surface area contributed by atoms with Gasteiger partial charge >= 0.3 is 0 Å². The number of rotatable bonds is 1. The maximum absolute atomic E-state index is 6.07. The van der Waals surface area contributed by atoms with Crippen molar-refractivity contribution in [2.75, 3.05) is 13.2 Å². The van der Waals surface area contributed by atoms with Crippen molar-refractivity contribution in [2.45, 2.75) is 37.6 Å². The Morgan fingerprint density at radius 1 is 1.41 bits per heavy atom. The van der Waals surface area contributed by atoms with Gasteiger partial charge in [-0.25, -0.2) is 0 Å². The van der Waals surface area contributed by atoms with Gasteiger partial charge in [0.15, 0.2) is 5.79 Å². The second-order valence-corrected chi connectivity index (χ2v) is 5.07. The highest BCUT2D eigenvalue weighted by Crippen LogP contribution is 2.47. The highest BCUT2D eigenvalue weighted by atomic mass is 16.7. The SMILES string of the molecule is CC1CCC2(OCC(CN)O2)c2ccccc21. The van der Waals surface area contributed by atoms with Gasteiger partial charge in [-0.05, 0) is 17.9 Å². The molecule has 1 spiro atoms. The Kier molecular flexibility index (Phi) is 2.69. The molecule has 1 fully saturated rings. The first kappa shape index (κ1) is 11.2. The summed E-state index contributed by atoms with van der Waals surface area (Å²) in [7, 11) is 0. The lowest BCUT2D eigenvalue weighted by molar-refractivity contribution is -0.186. The van der Waals surface area contributed by atoms with Crippen LogP contribution in [0.25, 0.3) is 0 Å². The van der Waals surface area contributed by atoms with Gasteiger partial charge in [0.1, 0.15) is 0 Å². The van der Waals surface area contributed by atoms with Crippen molar-refractivity contribution in [1.82, 2.24) is 0 Å². The molecule has 1 heterocycles. The molecule has 2 aliphatic rings. The predicted molar refractivity (Wildman–Crippen MR) is 65.6 cm³/mol. The molecule has 0 radical (unpaired) electrons. The summed E-state index contributed by atoms with van der Waals surface area (Å²) in [4.78, 5) is 0. The third-order valence-electron chi connectivity index (χ3n) is 3.93. The van der Waals surface area contributed by atoms with Crippen LogP contribution in [-0.4, -0.2) is 19.3 Å². The van der Waals surface area contributed by atoms with E-state index in [4.69, 9.17) is 15.2 Å². The summed E-state index contributed by atoms with van der Waals surface area (Å²) in [5.74, 6) is 0.0635. The minimum atomic E-state index is -0.521. The standard InChI is InChI=1S/C14H19NO2/c1-10-6-7-14(16-9-11(8-15)17-14)13-5-3-2-4-12(10)13/h2-5,10-11H,6-9,15H2,1H3. The first-order chi connectivity index (χ1) is 8.25. The van der Waals surface area contributed by atoms with E-state index in [-0.39, 0.29) is 6.10 Å². The van der Waals surface area contributed by atoms with E-state index in [1.54, 1.807) is 0 Å². The van der Waals surface area contributed by atoms with Crippen molar-refractivity contribution < 1.29 is 9.47 Å². The fourth-order valence-electron chi connectivity index (χ4n) is 2.92. The lowest BCUT2D eigenvalue weighted by Gasteiger charge is -2.36. The van der Waals surface area contributed by atoms with Crippen molar-refractivity contribution in [2.24, 2.45) is 5.73 Å². The van der Waals surface area contributed by atoms with E-state index in [1.165, 1.54) is 11.1 Å². The van der Waals surface area contributed by atoms with Crippen LogP contribution in [0.1, 0.15) is 36.8 Å². The monoisotopic (exact) mass is 233 g/mol. The second kappa shape index (κ2) is 4.09. The molecule has 3 unspecified atom stereocenters. The van der Waals surface area contributed by atoms with E-state index in [0.717, 1.165) is 12.8 Å². The van der Waals surface area contributed by atoms with Crippen LogP contribution in [0.5, 0.6) is 0 Å². The summed E-state index contributed by atoms with van der Waals surface area (Å²) in [6.45, 7) is 3.40. The molecule has 17 heavy (non-hydrogen) atoms. The first-order valence-electron chi connectivity index (χ1n) is 6.36. The zero-order chi connectivity index (χ0) is 11.9. The van der Waals surface area contributed by atoms with Gasteiger partial charge in [0.25, 0.3) is 0 Å². The van der Waals surface area contributed by atoms with E-state index in [1.807, 2.05) is 0 Å². The van der Waals surface area contributed by atoms with Crippen LogP contribution in [0.4, 0.5) is 0 Å². The molecule has 0 aromatic heterocycles. The molecule has 92 valence electrons. The van der Waals surface area contributed by atoms with E-state index in [2.05, 4.69) is 31.2 Å². The molecular formula is C14H19NO2. The Hall–Kier alpha value is -0.900. The van der Waals surface area contributed by atoms with Gasteiger partial charge in [-0.15, -0.1) is 0 Å². The van der Waals surface area contributed by atoms with Crippen LogP contribution in [-0.2, 0) is 15.3 Å². The number of ether oxygens (including phenoxy) is 2. The summed E-state index contributed by atoms with van der Waals surface area (Å²) >= 11 is 0. The summed E-state index contributed by atoms with van der Waals surface area (Å²) in [6, 6.07) is 8.46. The molecule has 1 aromatic carbocycles. The first-order valence-corrected chi connectivity index (χ1v) is 6.36. The fraction of sp³-hybridized carbons (Fsp3) is 0.571. The van der Waals surface area contributed by atoms with Gasteiger partial charge in [0, 0.05) is 18.5 Å². The van der Waals surface area contributed by atoms with E-state index in [9.17, 15) is 0 Å². The summed E-state index contributed by atoms with van der Waals surface area (Å²) in [5, 5.41) is 0. The van der Waals surface area contributed by atoms with Crippen LogP contribution in [0.3, 0.4) is 0 Å². The number of fused-ring (bicyclic) bond motifs is 2. The highest BCUT2D eigenvalue weighted by Gasteiger charge is 2.46. The highest BCUT2D eigenvalue weighted by molar-refractivity contribution is 5.36. The maximum Gasteiger partial charge on any atom is 0.195 e. The molecule has 1 saturated heterocycles. The Labute approximate surface area is 102 Å². The van der Waals surface area contributed by atoms with Crippen molar-refractivity contribution in [3.63, 3.8) is 0 Å². The van der Waals surface area contributed by atoms with Gasteiger partial charge < -0.3 is 15.2 Å². The summed E-state index contributed by atoms with van der Waals surface area (Å²) in [5.41, 5.74) is 8.23. The lowest BCUT2D eigenvalue weighted by Crippen LogP contribution is -2.34. The Morgan fingerprint density at radius 3 is 3.00 bits per heavy atom. The predicted octanol–water partition coefficient (Wildman–Crippen LogP) is 2.11. The Morgan fingerprint density at radius 2 is 2.24 bits per heavy atom. The van der Waals surface area contributed by atoms with Crippen molar-refractivity contribution in [3.05, 3.63) is 35.4 Å². The van der Waals surface area contributed by atoms with Gasteiger partial charge in [-0.1, -0.05) is 31.2 Å². The quantitative estimate of drug-likeness (QED) is 0.808. The number of benzene rings is 1. The molecular weight excluding hydrogens is 214 g/mol. The van der Waals surface area contributed by atoms with Crippen LogP contribution >= 0.6 is 0 Å². The smallest absolute Gasteiger partial charge is 0.195 e. The number of hydrogen-bond acceptors (Lipinski definition) is 3. The van der Waals surface area contributed by atoms with E-state index < -0.39 is 5.79 Å². The third-order valence-corrected chi connectivity index (χ3v) is 3.93. The molecule has 3 atom stereocenters. The largest absolute Gasteiger partial charge is 0.343 e. The Balaban J connectivity index is 2.01. The molecule has 2 N–H and O–H groups in total. The molecule has 0 saturated carbocycles. The molecule has 1 aromatic rings. The van der Waals surface area contributed by atoms with Crippen LogP contribution in [0, 0.1) is 0 Å². The average molecular weight is 233 g/mol. The van der Waals surface area contributed by atoms with E-state index >= 15 is 0 Å². The Bertz CT molecular complexity index is 420. The molecule has 1 aliphatic carbocycles. The topological polar surface area (TPSA) is 44.5 Å². The fourth-order valence-corrected chi connectivity index (χ4v) is 2.92. The van der Waals surface area contributed by atoms with Gasteiger partial charge in [0.05, 0.1) is 12.7 Å².